The lowest BCUT2D eigenvalue weighted by Gasteiger charge is -2.10. The van der Waals surface area contributed by atoms with Gasteiger partial charge in [-0.25, -0.2) is 4.68 Å². The van der Waals surface area contributed by atoms with Crippen molar-refractivity contribution in [3.8, 4) is 11.4 Å². The predicted octanol–water partition coefficient (Wildman–Crippen LogP) is 4.24. The number of amides is 1. The normalized spacial score (nSPS) is 10.5. The molecule has 3 rings (SSSR count). The lowest BCUT2D eigenvalue weighted by Crippen LogP contribution is -2.17. The minimum absolute atomic E-state index is 0.149. The third kappa shape index (κ3) is 4.39. The van der Waals surface area contributed by atoms with Crippen molar-refractivity contribution >= 4 is 23.3 Å². The lowest BCUT2D eigenvalue weighted by atomic mass is 10.3. The number of nitrogens with zero attached hydrogens (tertiary/aromatic N) is 2. The molecule has 128 valence electrons. The van der Waals surface area contributed by atoms with Gasteiger partial charge in [-0.3, -0.25) is 4.79 Å². The topological polar surface area (TPSA) is 56.1 Å². The van der Waals surface area contributed by atoms with E-state index in [1.165, 1.54) is 0 Å². The zero-order valence-electron chi connectivity index (χ0n) is 13.8. The number of benzene rings is 2. The van der Waals surface area contributed by atoms with E-state index in [1.54, 1.807) is 16.8 Å². The van der Waals surface area contributed by atoms with Gasteiger partial charge < -0.3 is 10.1 Å². The Kier molecular flexibility index (Phi) is 5.36. The van der Waals surface area contributed by atoms with E-state index in [0.717, 1.165) is 11.4 Å². The van der Waals surface area contributed by atoms with Crippen molar-refractivity contribution in [1.29, 1.82) is 0 Å². The number of aryl methyl sites for hydroxylation is 1. The number of hydrogen-bond donors (Lipinski definition) is 1. The Labute approximate surface area is 151 Å². The van der Waals surface area contributed by atoms with E-state index < -0.39 is 0 Å². The molecular formula is C19H18ClN3O2. The van der Waals surface area contributed by atoms with Gasteiger partial charge in [0.25, 0.3) is 0 Å². The molecule has 0 atom stereocenters. The van der Waals surface area contributed by atoms with Crippen LogP contribution in [0, 0.1) is 6.92 Å². The van der Waals surface area contributed by atoms with Gasteiger partial charge in [0.15, 0.2) is 0 Å². The second-order valence-corrected chi connectivity index (χ2v) is 5.90. The molecule has 0 spiro atoms. The van der Waals surface area contributed by atoms with Crippen molar-refractivity contribution in [1.82, 2.24) is 9.78 Å². The summed E-state index contributed by atoms with van der Waals surface area (Å²) in [7, 11) is 0. The third-order valence-corrected chi connectivity index (χ3v) is 3.84. The first-order chi connectivity index (χ1) is 12.1. The van der Waals surface area contributed by atoms with Crippen molar-refractivity contribution in [2.24, 2.45) is 0 Å². The number of para-hydroxylation sites is 2. The molecule has 0 aliphatic rings. The Bertz CT molecular complexity index is 862. The molecular weight excluding hydrogens is 338 g/mol. The second-order valence-electron chi connectivity index (χ2n) is 5.50. The minimum Gasteiger partial charge on any atom is -0.491 e. The van der Waals surface area contributed by atoms with Crippen LogP contribution in [0.25, 0.3) is 5.69 Å². The molecule has 0 saturated heterocycles. The molecule has 5 nitrogen and oxygen atoms in total. The van der Waals surface area contributed by atoms with Crippen molar-refractivity contribution in [3.05, 3.63) is 71.4 Å². The van der Waals surface area contributed by atoms with Gasteiger partial charge in [0.1, 0.15) is 11.6 Å². The van der Waals surface area contributed by atoms with Crippen LogP contribution in [0.5, 0.6) is 5.75 Å². The summed E-state index contributed by atoms with van der Waals surface area (Å²) < 4.78 is 7.26. The zero-order valence-corrected chi connectivity index (χ0v) is 14.5. The van der Waals surface area contributed by atoms with Crippen LogP contribution in [-0.4, -0.2) is 22.3 Å². The van der Waals surface area contributed by atoms with Crippen LogP contribution in [0.15, 0.2) is 60.7 Å². The molecule has 0 aliphatic heterocycles. The van der Waals surface area contributed by atoms with Gasteiger partial charge in [0.05, 0.1) is 29.4 Å². The fourth-order valence-corrected chi connectivity index (χ4v) is 2.57. The molecule has 25 heavy (non-hydrogen) atoms. The third-order valence-electron chi connectivity index (χ3n) is 3.52. The first kappa shape index (κ1) is 17.0. The average molecular weight is 356 g/mol. The van der Waals surface area contributed by atoms with Gasteiger partial charge in [-0.05, 0) is 31.2 Å². The Morgan fingerprint density at radius 2 is 1.88 bits per heavy atom. The summed E-state index contributed by atoms with van der Waals surface area (Å²) in [5.74, 6) is 1.05. The van der Waals surface area contributed by atoms with E-state index >= 15 is 0 Å². The highest BCUT2D eigenvalue weighted by molar-refractivity contribution is 6.32. The van der Waals surface area contributed by atoms with Gasteiger partial charge in [-0.2, -0.15) is 5.10 Å². The maximum Gasteiger partial charge on any atom is 0.228 e. The van der Waals surface area contributed by atoms with Crippen molar-refractivity contribution in [3.63, 3.8) is 0 Å². The van der Waals surface area contributed by atoms with Crippen molar-refractivity contribution in [2.75, 3.05) is 11.9 Å². The van der Waals surface area contributed by atoms with Crippen LogP contribution in [0.4, 0.5) is 5.82 Å². The lowest BCUT2D eigenvalue weighted by molar-refractivity contribution is -0.116. The van der Waals surface area contributed by atoms with Crippen LogP contribution >= 0.6 is 11.6 Å². The molecule has 2 aromatic carbocycles. The quantitative estimate of drug-likeness (QED) is 0.719. The molecule has 6 heteroatoms. The zero-order chi connectivity index (χ0) is 17.6. The van der Waals surface area contributed by atoms with Gasteiger partial charge in [0, 0.05) is 6.07 Å². The fraction of sp³-hybridized carbons (Fsp3) is 0.158. The minimum atomic E-state index is -0.149. The molecule has 0 saturated carbocycles. The van der Waals surface area contributed by atoms with Crippen LogP contribution in [-0.2, 0) is 4.79 Å². The van der Waals surface area contributed by atoms with Gasteiger partial charge in [-0.1, -0.05) is 41.9 Å². The van der Waals surface area contributed by atoms with E-state index in [1.807, 2.05) is 55.5 Å². The number of halogens is 1. The highest BCUT2D eigenvalue weighted by Gasteiger charge is 2.11. The molecule has 1 amide bonds. The maximum atomic E-state index is 12.2. The summed E-state index contributed by atoms with van der Waals surface area (Å²) in [5, 5.41) is 7.83. The summed E-state index contributed by atoms with van der Waals surface area (Å²) >= 11 is 6.02. The molecule has 1 N–H and O–H groups in total. The Balaban J connectivity index is 1.61. The van der Waals surface area contributed by atoms with Gasteiger partial charge in [0.2, 0.25) is 5.91 Å². The number of carbonyl (C=O) groups excluding carboxylic acids is 1. The molecule has 0 unspecified atom stereocenters. The van der Waals surface area contributed by atoms with Crippen molar-refractivity contribution in [2.45, 2.75) is 13.3 Å². The molecule has 1 heterocycles. The van der Waals surface area contributed by atoms with E-state index in [4.69, 9.17) is 16.3 Å². The van der Waals surface area contributed by atoms with E-state index in [0.29, 0.717) is 16.6 Å². The number of carbonyl (C=O) groups is 1. The van der Waals surface area contributed by atoms with Crippen LogP contribution in [0.1, 0.15) is 12.1 Å². The van der Waals surface area contributed by atoms with Crippen LogP contribution in [0.3, 0.4) is 0 Å². The first-order valence-electron chi connectivity index (χ1n) is 7.93. The number of nitrogens with one attached hydrogen (secondary N) is 1. The summed E-state index contributed by atoms with van der Waals surface area (Å²) in [5.41, 5.74) is 1.71. The molecule has 1 aromatic heterocycles. The summed E-state index contributed by atoms with van der Waals surface area (Å²) in [6, 6.07) is 18.7. The van der Waals surface area contributed by atoms with Crippen molar-refractivity contribution < 1.29 is 9.53 Å². The number of rotatable bonds is 6. The molecule has 0 bridgehead atoms. The second kappa shape index (κ2) is 7.85. The summed E-state index contributed by atoms with van der Waals surface area (Å²) in [4.78, 5) is 12.2. The highest BCUT2D eigenvalue weighted by atomic mass is 35.5. The number of anilines is 1. The molecule has 3 aromatic rings. The standard InChI is InChI=1S/C19H18ClN3O2/c1-14-13-18(23(22-14)15-7-3-2-4-8-15)21-19(24)11-12-25-17-10-6-5-9-16(17)20/h2-10,13H,11-12H2,1H3,(H,21,24). The Morgan fingerprint density at radius 3 is 2.64 bits per heavy atom. The Morgan fingerprint density at radius 1 is 1.16 bits per heavy atom. The van der Waals surface area contributed by atoms with Crippen LogP contribution < -0.4 is 10.1 Å². The first-order valence-corrected chi connectivity index (χ1v) is 8.30. The van der Waals surface area contributed by atoms with E-state index in [-0.39, 0.29) is 18.9 Å². The summed E-state index contributed by atoms with van der Waals surface area (Å²) in [6.45, 7) is 2.13. The number of ether oxygens (including phenoxy) is 1. The highest BCUT2D eigenvalue weighted by Crippen LogP contribution is 2.23. The fourth-order valence-electron chi connectivity index (χ4n) is 2.38. The summed E-state index contributed by atoms with van der Waals surface area (Å²) in [6.07, 6.45) is 0.213. The molecule has 0 aliphatic carbocycles. The maximum absolute atomic E-state index is 12.2. The van der Waals surface area contributed by atoms with Crippen LogP contribution in [0.2, 0.25) is 5.02 Å². The van der Waals surface area contributed by atoms with Gasteiger partial charge >= 0.3 is 0 Å². The van der Waals surface area contributed by atoms with E-state index in [9.17, 15) is 4.79 Å². The largest absolute Gasteiger partial charge is 0.491 e. The van der Waals surface area contributed by atoms with E-state index in [2.05, 4.69) is 10.4 Å². The average Bonchev–Trinajstić information content (AvgIpc) is 2.97. The molecule has 0 radical (unpaired) electrons. The van der Waals surface area contributed by atoms with Gasteiger partial charge in [-0.15, -0.1) is 0 Å². The Hall–Kier alpha value is -2.79. The monoisotopic (exact) mass is 355 g/mol. The molecule has 0 fully saturated rings. The smallest absolute Gasteiger partial charge is 0.228 e. The SMILES string of the molecule is Cc1cc(NC(=O)CCOc2ccccc2Cl)n(-c2ccccc2)n1. The predicted molar refractivity (Wildman–Crippen MR) is 98.5 cm³/mol. The number of aromatic nitrogens is 2. The number of hydrogen-bond acceptors (Lipinski definition) is 3.